The van der Waals surface area contributed by atoms with Crippen LogP contribution >= 0.6 is 0 Å². The molecule has 0 radical (unpaired) electrons. The zero-order valence-corrected chi connectivity index (χ0v) is 9.14. The minimum absolute atomic E-state index is 0.108. The summed E-state index contributed by atoms with van der Waals surface area (Å²) in [7, 11) is 0. The molecule has 16 heavy (non-hydrogen) atoms. The molecule has 0 spiro atoms. The highest BCUT2D eigenvalue weighted by Crippen LogP contribution is 2.18. The third-order valence-electron chi connectivity index (χ3n) is 1.92. The molecule has 86 valence electrons. The summed E-state index contributed by atoms with van der Waals surface area (Å²) in [6.45, 7) is 5.55. The molecule has 0 bridgehead atoms. The molecule has 0 saturated heterocycles. The van der Waals surface area contributed by atoms with Crippen LogP contribution in [0.5, 0.6) is 11.5 Å². The van der Waals surface area contributed by atoms with Crippen LogP contribution in [0.2, 0.25) is 0 Å². The van der Waals surface area contributed by atoms with Crippen LogP contribution in [0.3, 0.4) is 0 Å². The number of phenolic OH excluding ortho intramolecular Hbond substituents is 1. The van der Waals surface area contributed by atoms with E-state index < -0.39 is 6.10 Å². The standard InChI is InChI=1S/C12H15NO3/c1-3-7-13-12(15)9(2)16-11-6-4-5-10(14)8-11/h3-6,8-9,14H,1,7H2,2H3,(H,13,15). The maximum Gasteiger partial charge on any atom is 0.261 e. The molecule has 1 unspecified atom stereocenters. The van der Waals surface area contributed by atoms with Crippen molar-refractivity contribution in [2.45, 2.75) is 13.0 Å². The van der Waals surface area contributed by atoms with Crippen LogP contribution in [-0.4, -0.2) is 23.7 Å². The molecule has 1 aromatic carbocycles. The zero-order chi connectivity index (χ0) is 12.0. The van der Waals surface area contributed by atoms with E-state index in [1.807, 2.05) is 0 Å². The molecule has 1 atom stereocenters. The van der Waals surface area contributed by atoms with Crippen molar-refractivity contribution in [1.82, 2.24) is 5.32 Å². The summed E-state index contributed by atoms with van der Waals surface area (Å²) in [5.74, 6) is 0.348. The smallest absolute Gasteiger partial charge is 0.261 e. The van der Waals surface area contributed by atoms with Gasteiger partial charge < -0.3 is 15.2 Å². The highest BCUT2D eigenvalue weighted by molar-refractivity contribution is 5.80. The lowest BCUT2D eigenvalue weighted by molar-refractivity contribution is -0.127. The first-order valence-electron chi connectivity index (χ1n) is 4.97. The van der Waals surface area contributed by atoms with E-state index in [1.54, 1.807) is 25.1 Å². The van der Waals surface area contributed by atoms with Crippen LogP contribution in [0.4, 0.5) is 0 Å². The van der Waals surface area contributed by atoms with Crippen LogP contribution in [0.25, 0.3) is 0 Å². The van der Waals surface area contributed by atoms with Gasteiger partial charge in [0.05, 0.1) is 0 Å². The fraction of sp³-hybridized carbons (Fsp3) is 0.250. The first-order valence-corrected chi connectivity index (χ1v) is 4.97. The molecule has 0 saturated carbocycles. The normalized spacial score (nSPS) is 11.6. The van der Waals surface area contributed by atoms with Gasteiger partial charge in [0, 0.05) is 12.6 Å². The fourth-order valence-corrected chi connectivity index (χ4v) is 1.13. The van der Waals surface area contributed by atoms with E-state index in [2.05, 4.69) is 11.9 Å². The highest BCUT2D eigenvalue weighted by atomic mass is 16.5. The Kier molecular flexibility index (Phi) is 4.39. The first kappa shape index (κ1) is 12.1. The van der Waals surface area contributed by atoms with E-state index in [-0.39, 0.29) is 11.7 Å². The summed E-state index contributed by atoms with van der Waals surface area (Å²) in [5, 5.41) is 11.8. The molecule has 4 nitrogen and oxygen atoms in total. The van der Waals surface area contributed by atoms with E-state index in [9.17, 15) is 9.90 Å². The molecule has 4 heteroatoms. The number of nitrogens with one attached hydrogen (secondary N) is 1. The quantitative estimate of drug-likeness (QED) is 0.740. The van der Waals surface area contributed by atoms with Crippen molar-refractivity contribution < 1.29 is 14.6 Å². The SMILES string of the molecule is C=CCNC(=O)C(C)Oc1cccc(O)c1. The predicted octanol–water partition coefficient (Wildman–Crippen LogP) is 1.46. The number of rotatable bonds is 5. The maximum atomic E-state index is 11.4. The largest absolute Gasteiger partial charge is 0.508 e. The maximum absolute atomic E-state index is 11.4. The van der Waals surface area contributed by atoms with Crippen molar-refractivity contribution in [3.05, 3.63) is 36.9 Å². The summed E-state index contributed by atoms with van der Waals surface area (Å²) in [5.41, 5.74) is 0. The Morgan fingerprint density at radius 1 is 1.69 bits per heavy atom. The third kappa shape index (κ3) is 3.65. The van der Waals surface area contributed by atoms with Crippen LogP contribution < -0.4 is 10.1 Å². The average molecular weight is 221 g/mol. The van der Waals surface area contributed by atoms with Gasteiger partial charge in [-0.25, -0.2) is 0 Å². The van der Waals surface area contributed by atoms with Gasteiger partial charge >= 0.3 is 0 Å². The Morgan fingerprint density at radius 3 is 3.06 bits per heavy atom. The van der Waals surface area contributed by atoms with Gasteiger partial charge in [0.2, 0.25) is 0 Å². The van der Waals surface area contributed by atoms with Gasteiger partial charge in [-0.05, 0) is 19.1 Å². The Labute approximate surface area is 94.6 Å². The fourth-order valence-electron chi connectivity index (χ4n) is 1.13. The molecule has 0 aliphatic heterocycles. The van der Waals surface area contributed by atoms with E-state index in [1.165, 1.54) is 12.1 Å². The molecule has 0 aliphatic rings. The summed E-state index contributed by atoms with van der Waals surface area (Å²) >= 11 is 0. The second-order valence-electron chi connectivity index (χ2n) is 3.29. The Balaban J connectivity index is 2.53. The number of benzene rings is 1. The predicted molar refractivity (Wildman–Crippen MR) is 61.4 cm³/mol. The topological polar surface area (TPSA) is 58.6 Å². The number of aromatic hydroxyl groups is 1. The molecule has 0 heterocycles. The van der Waals surface area contributed by atoms with Crippen LogP contribution in [0.15, 0.2) is 36.9 Å². The molecule has 1 aromatic rings. The van der Waals surface area contributed by atoms with Gasteiger partial charge in [0.1, 0.15) is 11.5 Å². The van der Waals surface area contributed by atoms with Crippen molar-refractivity contribution in [2.24, 2.45) is 0 Å². The molecule has 0 aliphatic carbocycles. The van der Waals surface area contributed by atoms with E-state index in [4.69, 9.17) is 4.74 Å². The number of carbonyl (C=O) groups is 1. The van der Waals surface area contributed by atoms with Crippen molar-refractivity contribution in [2.75, 3.05) is 6.54 Å². The minimum Gasteiger partial charge on any atom is -0.508 e. The molecule has 0 fully saturated rings. The Morgan fingerprint density at radius 2 is 2.44 bits per heavy atom. The molecule has 1 amide bonds. The number of amides is 1. The van der Waals surface area contributed by atoms with Gasteiger partial charge in [-0.1, -0.05) is 12.1 Å². The van der Waals surface area contributed by atoms with Crippen molar-refractivity contribution in [3.63, 3.8) is 0 Å². The lowest BCUT2D eigenvalue weighted by Crippen LogP contribution is -2.36. The van der Waals surface area contributed by atoms with Gasteiger partial charge in [0.25, 0.3) is 5.91 Å². The summed E-state index contributed by atoms with van der Waals surface area (Å²) in [6, 6.07) is 6.32. The van der Waals surface area contributed by atoms with Crippen molar-refractivity contribution in [1.29, 1.82) is 0 Å². The Hall–Kier alpha value is -1.97. The number of carbonyl (C=O) groups excluding carboxylic acids is 1. The van der Waals surface area contributed by atoms with Gasteiger partial charge in [-0.15, -0.1) is 6.58 Å². The van der Waals surface area contributed by atoms with Gasteiger partial charge in [-0.2, -0.15) is 0 Å². The molecular formula is C12H15NO3. The molecule has 0 aromatic heterocycles. The zero-order valence-electron chi connectivity index (χ0n) is 9.14. The van der Waals surface area contributed by atoms with Gasteiger partial charge in [0.15, 0.2) is 6.10 Å². The average Bonchev–Trinajstić information content (AvgIpc) is 2.25. The second-order valence-corrected chi connectivity index (χ2v) is 3.29. The Bertz CT molecular complexity index is 376. The van der Waals surface area contributed by atoms with E-state index in [0.717, 1.165) is 0 Å². The van der Waals surface area contributed by atoms with E-state index in [0.29, 0.717) is 12.3 Å². The number of hydrogen-bond donors (Lipinski definition) is 2. The molecule has 1 rings (SSSR count). The number of ether oxygens (including phenoxy) is 1. The summed E-state index contributed by atoms with van der Waals surface area (Å²) < 4.78 is 5.35. The van der Waals surface area contributed by atoms with Crippen LogP contribution in [-0.2, 0) is 4.79 Å². The lowest BCUT2D eigenvalue weighted by atomic mass is 10.3. The molecule has 2 N–H and O–H groups in total. The first-order chi connectivity index (χ1) is 7.63. The van der Waals surface area contributed by atoms with Crippen molar-refractivity contribution >= 4 is 5.91 Å². The number of hydrogen-bond acceptors (Lipinski definition) is 3. The number of phenols is 1. The van der Waals surface area contributed by atoms with Gasteiger partial charge in [-0.3, -0.25) is 4.79 Å². The summed E-state index contributed by atoms with van der Waals surface area (Å²) in [6.07, 6.45) is 0.987. The van der Waals surface area contributed by atoms with Crippen LogP contribution in [0, 0.1) is 0 Å². The van der Waals surface area contributed by atoms with E-state index >= 15 is 0 Å². The second kappa shape index (κ2) is 5.80. The minimum atomic E-state index is -0.609. The highest BCUT2D eigenvalue weighted by Gasteiger charge is 2.13. The lowest BCUT2D eigenvalue weighted by Gasteiger charge is -2.13. The van der Waals surface area contributed by atoms with Crippen LogP contribution in [0.1, 0.15) is 6.92 Å². The van der Waals surface area contributed by atoms with Crippen molar-refractivity contribution in [3.8, 4) is 11.5 Å². The summed E-state index contributed by atoms with van der Waals surface area (Å²) in [4.78, 5) is 11.4. The third-order valence-corrected chi connectivity index (χ3v) is 1.92. The monoisotopic (exact) mass is 221 g/mol. The molecular weight excluding hydrogens is 206 g/mol.